The fourth-order valence-corrected chi connectivity index (χ4v) is 3.56. The molecule has 5 atom stereocenters. The Morgan fingerprint density at radius 2 is 2.16 bits per heavy atom. The third kappa shape index (κ3) is 8.38. The van der Waals surface area contributed by atoms with Crippen molar-refractivity contribution in [2.24, 2.45) is 5.92 Å². The molecule has 1 aromatic heterocycles. The molecule has 0 radical (unpaired) electrons. The first-order valence-electron chi connectivity index (χ1n) is 11.0. The summed E-state index contributed by atoms with van der Waals surface area (Å²) in [4.78, 5) is 21.2. The minimum Gasteiger partial charge on any atom is -0.457 e. The molecule has 31 heavy (non-hydrogen) atoms. The van der Waals surface area contributed by atoms with Crippen LogP contribution in [-0.4, -0.2) is 44.0 Å². The van der Waals surface area contributed by atoms with E-state index < -0.39 is 23.8 Å². The van der Waals surface area contributed by atoms with Gasteiger partial charge in [0.05, 0.1) is 18.1 Å². The van der Waals surface area contributed by atoms with Gasteiger partial charge in [-0.15, -0.1) is 0 Å². The summed E-state index contributed by atoms with van der Waals surface area (Å²) >= 11 is 0. The second-order valence-electron chi connectivity index (χ2n) is 8.94. The van der Waals surface area contributed by atoms with Gasteiger partial charge in [0.25, 0.3) is 0 Å². The molecule has 6 nitrogen and oxygen atoms in total. The van der Waals surface area contributed by atoms with E-state index in [0.29, 0.717) is 19.3 Å². The molecule has 0 aliphatic carbocycles. The Labute approximate surface area is 185 Å². The Balaban J connectivity index is 2.17. The molecule has 170 valence electrons. The average Bonchev–Trinajstić information content (AvgIpc) is 2.69. The Morgan fingerprint density at radius 1 is 1.42 bits per heavy atom. The number of aromatic nitrogens is 2. The predicted molar refractivity (Wildman–Crippen MR) is 121 cm³/mol. The summed E-state index contributed by atoms with van der Waals surface area (Å²) in [5.41, 5.74) is 0.925. The Hall–Kier alpha value is -2.31. The van der Waals surface area contributed by atoms with Gasteiger partial charge < -0.3 is 14.9 Å². The van der Waals surface area contributed by atoms with Crippen molar-refractivity contribution in [1.29, 1.82) is 0 Å². The molecule has 0 saturated heterocycles. The van der Waals surface area contributed by atoms with Crippen molar-refractivity contribution >= 4 is 5.97 Å². The molecule has 2 rings (SSSR count). The van der Waals surface area contributed by atoms with Gasteiger partial charge in [-0.05, 0) is 51.7 Å². The third-order valence-electron chi connectivity index (χ3n) is 5.58. The number of carbonyl (C=O) groups is 1. The lowest BCUT2D eigenvalue weighted by Crippen LogP contribution is -2.30. The summed E-state index contributed by atoms with van der Waals surface area (Å²) in [5, 5.41) is 20.6. The van der Waals surface area contributed by atoms with Gasteiger partial charge in [0, 0.05) is 23.7 Å². The number of aliphatic hydroxyl groups excluding tert-OH is 1. The maximum Gasteiger partial charge on any atom is 0.309 e. The zero-order valence-electron chi connectivity index (χ0n) is 19.3. The number of rotatable bonds is 4. The second kappa shape index (κ2) is 11.3. The Morgan fingerprint density at radius 3 is 2.87 bits per heavy atom. The van der Waals surface area contributed by atoms with Crippen LogP contribution in [0.25, 0.3) is 0 Å². The number of cyclic esters (lactones) is 1. The lowest BCUT2D eigenvalue weighted by molar-refractivity contribution is -0.151. The van der Waals surface area contributed by atoms with Crippen molar-refractivity contribution in [2.45, 2.75) is 84.0 Å². The number of carbonyl (C=O) groups excluding carboxylic acids is 1. The highest BCUT2D eigenvalue weighted by atomic mass is 16.5. The fourth-order valence-electron chi connectivity index (χ4n) is 3.56. The molecule has 2 heterocycles. The van der Waals surface area contributed by atoms with Gasteiger partial charge in [-0.1, -0.05) is 44.2 Å². The van der Waals surface area contributed by atoms with E-state index in [1.165, 1.54) is 0 Å². The Kier molecular flexibility index (Phi) is 9.14. The molecular weight excluding hydrogens is 392 g/mol. The lowest BCUT2D eigenvalue weighted by Gasteiger charge is -2.27. The first kappa shape index (κ1) is 25.0. The van der Waals surface area contributed by atoms with Crippen molar-refractivity contribution in [3.63, 3.8) is 0 Å². The van der Waals surface area contributed by atoms with Crippen molar-refractivity contribution < 1.29 is 19.7 Å². The number of allylic oxidation sites excluding steroid dienone is 3. The predicted octanol–water partition coefficient (Wildman–Crippen LogP) is 4.18. The van der Waals surface area contributed by atoms with E-state index in [0.717, 1.165) is 17.1 Å². The highest BCUT2D eigenvalue weighted by molar-refractivity contribution is 5.70. The molecule has 2 N–H and O–H groups in total. The number of hydrogen-bond donors (Lipinski definition) is 2. The monoisotopic (exact) mass is 428 g/mol. The first-order chi connectivity index (χ1) is 14.6. The van der Waals surface area contributed by atoms with Crippen molar-refractivity contribution in [2.75, 3.05) is 0 Å². The zero-order valence-corrected chi connectivity index (χ0v) is 19.3. The maximum atomic E-state index is 12.4. The third-order valence-corrected chi connectivity index (χ3v) is 5.58. The van der Waals surface area contributed by atoms with Crippen LogP contribution in [-0.2, 0) is 9.53 Å². The SMILES string of the molecule is C/C(=C\C=C\C(C)c1nccc(C)n1)[C@H]1OC(=O)C[C@H](O)CC[C@@](C)(O)C/C=C/[C@@H]1C. The summed E-state index contributed by atoms with van der Waals surface area (Å²) < 4.78 is 5.74. The van der Waals surface area contributed by atoms with Crippen LogP contribution in [0.5, 0.6) is 0 Å². The number of aliphatic hydroxyl groups is 2. The van der Waals surface area contributed by atoms with Crippen LogP contribution in [0.15, 0.2) is 48.2 Å². The van der Waals surface area contributed by atoms with Gasteiger partial charge in [0.2, 0.25) is 0 Å². The topological polar surface area (TPSA) is 92.5 Å². The molecule has 1 aliphatic rings. The van der Waals surface area contributed by atoms with Gasteiger partial charge in [-0.2, -0.15) is 0 Å². The van der Waals surface area contributed by atoms with Crippen LogP contribution >= 0.6 is 0 Å². The van der Waals surface area contributed by atoms with Crippen LogP contribution in [0.4, 0.5) is 0 Å². The maximum absolute atomic E-state index is 12.4. The van der Waals surface area contributed by atoms with Crippen molar-refractivity contribution in [3.8, 4) is 0 Å². The molecule has 1 aromatic rings. The quantitative estimate of drug-likeness (QED) is 0.425. The average molecular weight is 429 g/mol. The van der Waals surface area contributed by atoms with E-state index in [4.69, 9.17) is 4.74 Å². The van der Waals surface area contributed by atoms with Gasteiger partial charge in [0.1, 0.15) is 11.9 Å². The van der Waals surface area contributed by atoms with Crippen molar-refractivity contribution in [1.82, 2.24) is 9.97 Å². The number of esters is 1. The molecular formula is C25H36N2O4. The van der Waals surface area contributed by atoms with E-state index in [-0.39, 0.29) is 18.3 Å². The zero-order chi connectivity index (χ0) is 23.0. The standard InChI is InChI=1S/C25H36N2O4/c1-17(8-6-9-19(3)24-26-15-12-20(4)27-24)23-18(2)10-7-13-25(5,30)14-11-21(28)16-22(29)31-23/h6-10,12,15,18-19,21,23,28,30H,11,13-14,16H2,1-5H3/b9-6+,10-7+,17-8+/t18-,19?,21+,23+,25-/m0/s1. The van der Waals surface area contributed by atoms with Crippen LogP contribution in [0, 0.1) is 12.8 Å². The molecule has 0 spiro atoms. The summed E-state index contributed by atoms with van der Waals surface area (Å²) in [6, 6.07) is 1.87. The lowest BCUT2D eigenvalue weighted by atomic mass is 9.91. The highest BCUT2D eigenvalue weighted by Crippen LogP contribution is 2.25. The smallest absolute Gasteiger partial charge is 0.309 e. The van der Waals surface area contributed by atoms with E-state index in [9.17, 15) is 15.0 Å². The number of nitrogens with zero attached hydrogens (tertiary/aromatic N) is 2. The Bertz CT molecular complexity index is 829. The first-order valence-corrected chi connectivity index (χ1v) is 11.0. The summed E-state index contributed by atoms with van der Waals surface area (Å²) in [7, 11) is 0. The normalized spacial score (nSPS) is 30.9. The summed E-state index contributed by atoms with van der Waals surface area (Å²) in [6.45, 7) is 9.64. The fraction of sp³-hybridized carbons (Fsp3) is 0.560. The number of hydrogen-bond acceptors (Lipinski definition) is 6. The van der Waals surface area contributed by atoms with E-state index in [1.54, 1.807) is 13.1 Å². The molecule has 0 bridgehead atoms. The largest absolute Gasteiger partial charge is 0.457 e. The van der Waals surface area contributed by atoms with E-state index >= 15 is 0 Å². The van der Waals surface area contributed by atoms with Crippen LogP contribution in [0.1, 0.15) is 70.8 Å². The van der Waals surface area contributed by atoms with Crippen LogP contribution in [0.3, 0.4) is 0 Å². The minimum atomic E-state index is -0.905. The van der Waals surface area contributed by atoms with E-state index in [1.807, 2.05) is 64.1 Å². The van der Waals surface area contributed by atoms with Gasteiger partial charge >= 0.3 is 5.97 Å². The number of aryl methyl sites for hydroxylation is 1. The summed E-state index contributed by atoms with van der Waals surface area (Å²) in [6.07, 6.45) is 11.5. The van der Waals surface area contributed by atoms with Crippen LogP contribution in [0.2, 0.25) is 0 Å². The molecule has 1 unspecified atom stereocenters. The summed E-state index contributed by atoms with van der Waals surface area (Å²) in [5.74, 6) is 0.310. The molecule has 0 saturated carbocycles. The number of ether oxygens (including phenoxy) is 1. The highest BCUT2D eigenvalue weighted by Gasteiger charge is 2.26. The van der Waals surface area contributed by atoms with Gasteiger partial charge in [-0.3, -0.25) is 4.79 Å². The second-order valence-corrected chi connectivity index (χ2v) is 8.94. The molecule has 0 aromatic carbocycles. The van der Waals surface area contributed by atoms with E-state index in [2.05, 4.69) is 9.97 Å². The van der Waals surface area contributed by atoms with Gasteiger partial charge in [0.15, 0.2) is 0 Å². The minimum absolute atomic E-state index is 0.0532. The molecule has 0 fully saturated rings. The van der Waals surface area contributed by atoms with Crippen LogP contribution < -0.4 is 0 Å². The molecule has 6 heteroatoms. The molecule has 0 amide bonds. The van der Waals surface area contributed by atoms with Crippen molar-refractivity contribution in [3.05, 3.63) is 59.7 Å². The van der Waals surface area contributed by atoms with Gasteiger partial charge in [-0.25, -0.2) is 9.97 Å². The molecule has 1 aliphatic heterocycles.